The molecule has 4 heteroatoms. The van der Waals surface area contributed by atoms with E-state index >= 15 is 0 Å². The monoisotopic (exact) mass is 343 g/mol. The molecule has 0 bridgehead atoms. The summed E-state index contributed by atoms with van der Waals surface area (Å²) in [5, 5.41) is 2.35. The maximum absolute atomic E-state index is 12.9. The summed E-state index contributed by atoms with van der Waals surface area (Å²) >= 11 is 0. The van der Waals surface area contributed by atoms with Gasteiger partial charge in [-0.3, -0.25) is 19.7 Å². The van der Waals surface area contributed by atoms with Gasteiger partial charge >= 0.3 is 0 Å². The first-order chi connectivity index (χ1) is 12.7. The summed E-state index contributed by atoms with van der Waals surface area (Å²) in [6.45, 7) is 0. The van der Waals surface area contributed by atoms with Crippen molar-refractivity contribution in [1.82, 2.24) is 5.32 Å². The highest BCUT2D eigenvalue weighted by Gasteiger charge is 2.30. The largest absolute Gasteiger partial charge is 0.293 e. The molecule has 128 valence electrons. The molecular formula is C22H17NO3. The Bertz CT molecular complexity index is 906. The molecule has 0 aliphatic carbocycles. The SMILES string of the molecule is O=C(NC(=O)[C@@H](C(=O)c1ccccc1)c1ccccc1)c1ccccc1. The smallest absolute Gasteiger partial charge is 0.257 e. The van der Waals surface area contributed by atoms with Crippen molar-refractivity contribution in [3.8, 4) is 0 Å². The fourth-order valence-corrected chi connectivity index (χ4v) is 2.68. The molecule has 0 aliphatic rings. The van der Waals surface area contributed by atoms with E-state index in [0.717, 1.165) is 0 Å². The highest BCUT2D eigenvalue weighted by atomic mass is 16.2. The minimum atomic E-state index is -1.09. The topological polar surface area (TPSA) is 63.2 Å². The Hall–Kier alpha value is -3.53. The Kier molecular flexibility index (Phi) is 5.34. The second-order valence-electron chi connectivity index (χ2n) is 5.76. The molecule has 2 amide bonds. The number of carbonyl (C=O) groups excluding carboxylic acids is 3. The van der Waals surface area contributed by atoms with Crippen LogP contribution in [0.2, 0.25) is 0 Å². The zero-order chi connectivity index (χ0) is 18.4. The second kappa shape index (κ2) is 8.03. The number of Topliss-reactive ketones (excluding diaryl/α,β-unsaturated/α-hetero) is 1. The summed E-state index contributed by atoms with van der Waals surface area (Å²) in [4.78, 5) is 38.0. The minimum Gasteiger partial charge on any atom is -0.293 e. The number of hydrogen-bond donors (Lipinski definition) is 1. The third-order valence-corrected chi connectivity index (χ3v) is 3.99. The number of ketones is 1. The van der Waals surface area contributed by atoms with Gasteiger partial charge < -0.3 is 0 Å². The molecule has 3 aromatic rings. The zero-order valence-corrected chi connectivity index (χ0v) is 14.0. The number of amides is 2. The van der Waals surface area contributed by atoms with E-state index in [1.54, 1.807) is 91.0 Å². The first kappa shape index (κ1) is 17.3. The van der Waals surface area contributed by atoms with Crippen LogP contribution >= 0.6 is 0 Å². The minimum absolute atomic E-state index is 0.352. The van der Waals surface area contributed by atoms with Crippen molar-refractivity contribution in [1.29, 1.82) is 0 Å². The van der Waals surface area contributed by atoms with Crippen molar-refractivity contribution in [2.45, 2.75) is 5.92 Å². The average Bonchev–Trinajstić information content (AvgIpc) is 2.70. The van der Waals surface area contributed by atoms with E-state index in [0.29, 0.717) is 16.7 Å². The molecule has 0 saturated carbocycles. The fraction of sp³-hybridized carbons (Fsp3) is 0.0455. The number of imide groups is 1. The predicted octanol–water partition coefficient (Wildman–Crippen LogP) is 3.61. The third kappa shape index (κ3) is 3.92. The maximum atomic E-state index is 12.9. The van der Waals surface area contributed by atoms with Gasteiger partial charge in [-0.2, -0.15) is 0 Å². The molecule has 0 saturated heterocycles. The van der Waals surface area contributed by atoms with Crippen LogP contribution in [0.1, 0.15) is 32.2 Å². The van der Waals surface area contributed by atoms with Crippen LogP contribution in [0.15, 0.2) is 91.0 Å². The highest BCUT2D eigenvalue weighted by molar-refractivity contribution is 6.18. The molecular weight excluding hydrogens is 326 g/mol. The van der Waals surface area contributed by atoms with Crippen molar-refractivity contribution >= 4 is 17.6 Å². The van der Waals surface area contributed by atoms with E-state index in [2.05, 4.69) is 5.32 Å². The van der Waals surface area contributed by atoms with Crippen LogP contribution < -0.4 is 5.32 Å². The maximum Gasteiger partial charge on any atom is 0.257 e. The number of hydrogen-bond acceptors (Lipinski definition) is 3. The van der Waals surface area contributed by atoms with E-state index in [-0.39, 0.29) is 5.78 Å². The number of carbonyl (C=O) groups is 3. The van der Waals surface area contributed by atoms with E-state index in [1.807, 2.05) is 0 Å². The van der Waals surface area contributed by atoms with Gasteiger partial charge in [-0.25, -0.2) is 0 Å². The van der Waals surface area contributed by atoms with Crippen molar-refractivity contribution in [2.75, 3.05) is 0 Å². The lowest BCUT2D eigenvalue weighted by Crippen LogP contribution is -2.37. The molecule has 0 radical (unpaired) electrons. The zero-order valence-electron chi connectivity index (χ0n) is 14.0. The fourth-order valence-electron chi connectivity index (χ4n) is 2.68. The van der Waals surface area contributed by atoms with Gasteiger partial charge in [0.15, 0.2) is 5.78 Å². The lowest BCUT2D eigenvalue weighted by molar-refractivity contribution is -0.120. The van der Waals surface area contributed by atoms with Gasteiger partial charge in [0.1, 0.15) is 5.92 Å². The van der Waals surface area contributed by atoms with Gasteiger partial charge in [0.2, 0.25) is 5.91 Å². The van der Waals surface area contributed by atoms with Crippen LogP contribution in [-0.2, 0) is 4.79 Å². The molecule has 0 fully saturated rings. The summed E-state index contributed by atoms with van der Waals surface area (Å²) < 4.78 is 0. The summed E-state index contributed by atoms with van der Waals surface area (Å²) in [6, 6.07) is 25.7. The van der Waals surface area contributed by atoms with Crippen molar-refractivity contribution < 1.29 is 14.4 Å². The summed E-state index contributed by atoms with van der Waals surface area (Å²) in [6.07, 6.45) is 0. The molecule has 0 aliphatic heterocycles. The van der Waals surface area contributed by atoms with E-state index in [1.165, 1.54) is 0 Å². The van der Waals surface area contributed by atoms with Crippen LogP contribution in [0, 0.1) is 0 Å². The van der Waals surface area contributed by atoms with E-state index in [9.17, 15) is 14.4 Å². The quantitative estimate of drug-likeness (QED) is 0.568. The number of nitrogens with one attached hydrogen (secondary N) is 1. The van der Waals surface area contributed by atoms with Gasteiger partial charge in [-0.05, 0) is 17.7 Å². The van der Waals surface area contributed by atoms with Gasteiger partial charge in [-0.1, -0.05) is 78.9 Å². The Labute approximate surface area is 151 Å². The third-order valence-electron chi connectivity index (χ3n) is 3.99. The van der Waals surface area contributed by atoms with Crippen LogP contribution in [-0.4, -0.2) is 17.6 Å². The lowest BCUT2D eigenvalue weighted by Gasteiger charge is -2.16. The Morgan fingerprint density at radius 1 is 0.615 bits per heavy atom. The number of rotatable bonds is 5. The van der Waals surface area contributed by atoms with Crippen molar-refractivity contribution in [3.05, 3.63) is 108 Å². The van der Waals surface area contributed by atoms with Crippen molar-refractivity contribution in [2.24, 2.45) is 0 Å². The van der Waals surface area contributed by atoms with E-state index in [4.69, 9.17) is 0 Å². The Morgan fingerprint density at radius 2 is 1.08 bits per heavy atom. The molecule has 0 spiro atoms. The molecule has 26 heavy (non-hydrogen) atoms. The first-order valence-electron chi connectivity index (χ1n) is 8.21. The average molecular weight is 343 g/mol. The van der Waals surface area contributed by atoms with Gasteiger partial charge in [0.25, 0.3) is 5.91 Å². The Morgan fingerprint density at radius 3 is 1.62 bits per heavy atom. The molecule has 0 aromatic heterocycles. The van der Waals surface area contributed by atoms with Crippen LogP contribution in [0.5, 0.6) is 0 Å². The van der Waals surface area contributed by atoms with E-state index < -0.39 is 17.7 Å². The molecule has 1 atom stereocenters. The molecule has 4 nitrogen and oxygen atoms in total. The summed E-state index contributed by atoms with van der Waals surface area (Å²) in [5.41, 5.74) is 1.32. The first-order valence-corrected chi connectivity index (χ1v) is 8.21. The van der Waals surface area contributed by atoms with Crippen molar-refractivity contribution in [3.63, 3.8) is 0 Å². The van der Waals surface area contributed by atoms with Gasteiger partial charge in [-0.15, -0.1) is 0 Å². The van der Waals surface area contributed by atoms with Gasteiger partial charge in [0, 0.05) is 11.1 Å². The lowest BCUT2D eigenvalue weighted by atomic mass is 9.89. The second-order valence-corrected chi connectivity index (χ2v) is 5.76. The van der Waals surface area contributed by atoms with Crippen LogP contribution in [0.4, 0.5) is 0 Å². The summed E-state index contributed by atoms with van der Waals surface area (Å²) in [5.74, 6) is -2.61. The summed E-state index contributed by atoms with van der Waals surface area (Å²) in [7, 11) is 0. The standard InChI is InChI=1S/C22H17NO3/c24-20(17-12-6-2-7-13-17)19(16-10-4-1-5-11-16)22(26)23-21(25)18-14-8-3-9-15-18/h1-15,19H,(H,23,25,26)/t19-/m1/s1. The molecule has 3 rings (SSSR count). The van der Waals surface area contributed by atoms with Crippen LogP contribution in [0.3, 0.4) is 0 Å². The van der Waals surface area contributed by atoms with Gasteiger partial charge in [0.05, 0.1) is 0 Å². The molecule has 0 heterocycles. The highest BCUT2D eigenvalue weighted by Crippen LogP contribution is 2.21. The van der Waals surface area contributed by atoms with Crippen LogP contribution in [0.25, 0.3) is 0 Å². The molecule has 0 unspecified atom stereocenters. The predicted molar refractivity (Wildman–Crippen MR) is 98.9 cm³/mol. The molecule has 1 N–H and O–H groups in total. The number of benzene rings is 3. The molecule has 3 aromatic carbocycles. The normalized spacial score (nSPS) is 11.4. The Balaban J connectivity index is 1.89.